The third-order valence-electron chi connectivity index (χ3n) is 5.61. The fourth-order valence-electron chi connectivity index (χ4n) is 4.00. The molecule has 0 saturated carbocycles. The second-order valence-corrected chi connectivity index (χ2v) is 7.76. The third kappa shape index (κ3) is 2.93. The van der Waals surface area contributed by atoms with Gasteiger partial charge in [0.2, 0.25) is 0 Å². The van der Waals surface area contributed by atoms with Gasteiger partial charge in [-0.15, -0.1) is 0 Å². The molecule has 30 heavy (non-hydrogen) atoms. The third-order valence-corrected chi connectivity index (χ3v) is 5.61. The number of nitrogens with zero attached hydrogens (tertiary/aromatic N) is 2. The van der Waals surface area contributed by atoms with E-state index in [-0.39, 0.29) is 12.0 Å². The van der Waals surface area contributed by atoms with Crippen molar-refractivity contribution in [2.75, 3.05) is 19.8 Å². The van der Waals surface area contributed by atoms with E-state index in [1.165, 1.54) is 16.0 Å². The van der Waals surface area contributed by atoms with Crippen molar-refractivity contribution in [3.05, 3.63) is 83.2 Å². The lowest BCUT2D eigenvalue weighted by Crippen LogP contribution is -2.22. The first-order chi connectivity index (χ1) is 14.5. The van der Waals surface area contributed by atoms with E-state index in [9.17, 15) is 4.79 Å². The Morgan fingerprint density at radius 3 is 2.80 bits per heavy atom. The first-order valence-corrected chi connectivity index (χ1v) is 9.81. The minimum atomic E-state index is -0.123. The van der Waals surface area contributed by atoms with Crippen LogP contribution in [0.3, 0.4) is 0 Å². The molecule has 0 radical (unpaired) electrons. The first kappa shape index (κ1) is 18.4. The van der Waals surface area contributed by atoms with Crippen molar-refractivity contribution in [3.63, 3.8) is 0 Å². The van der Waals surface area contributed by atoms with E-state index >= 15 is 0 Å². The molecule has 2 aromatic heterocycles. The zero-order chi connectivity index (χ0) is 20.8. The highest BCUT2D eigenvalue weighted by Gasteiger charge is 2.27. The van der Waals surface area contributed by atoms with Gasteiger partial charge in [-0.2, -0.15) is 0 Å². The minimum Gasteiger partial charge on any atom is -0.398 e. The van der Waals surface area contributed by atoms with Gasteiger partial charge in [-0.05, 0) is 34.9 Å². The number of carbonyl (C=O) groups is 1. The molecule has 3 N–H and O–H groups in total. The van der Waals surface area contributed by atoms with Gasteiger partial charge >= 0.3 is 0 Å². The largest absolute Gasteiger partial charge is 0.398 e. The Morgan fingerprint density at radius 1 is 1.13 bits per heavy atom. The molecule has 6 nitrogen and oxygen atoms in total. The molecule has 150 valence electrons. The Hall–Kier alpha value is -3.64. The summed E-state index contributed by atoms with van der Waals surface area (Å²) in [6.45, 7) is 0.606. The summed E-state index contributed by atoms with van der Waals surface area (Å²) in [6.07, 6.45) is 3.66. The number of amides is 1. The van der Waals surface area contributed by atoms with Crippen LogP contribution in [0.1, 0.15) is 33.2 Å². The summed E-state index contributed by atoms with van der Waals surface area (Å²) in [5.74, 6) is -0.123. The molecule has 0 bridgehead atoms. The van der Waals surface area contributed by atoms with Crippen LogP contribution in [0.15, 0.2) is 60.9 Å². The van der Waals surface area contributed by atoms with E-state index in [1.54, 1.807) is 20.2 Å². The molecule has 5 rings (SSSR count). The molecule has 1 amide bonds. The van der Waals surface area contributed by atoms with Crippen molar-refractivity contribution in [2.24, 2.45) is 0 Å². The fourth-order valence-corrected chi connectivity index (χ4v) is 4.00. The standard InChI is InChI=1S/C24H22N4O2/c1-28(2)24(29)19-9-14(7-8-21(19)25)16-10-18-20(12-27-23(18)26-11-16)22-17-6-4-3-5-15(17)13-30-22/h3-12,22H,13,25H2,1-2H3,(H,26,27). The van der Waals surface area contributed by atoms with Crippen molar-refractivity contribution in [3.8, 4) is 11.1 Å². The van der Waals surface area contributed by atoms with Crippen molar-refractivity contribution in [1.82, 2.24) is 14.9 Å². The molecular formula is C24H22N4O2. The highest BCUT2D eigenvalue weighted by Crippen LogP contribution is 2.39. The number of aromatic nitrogens is 2. The molecule has 4 aromatic rings. The number of hydrogen-bond donors (Lipinski definition) is 2. The second-order valence-electron chi connectivity index (χ2n) is 7.76. The number of benzene rings is 2. The quantitative estimate of drug-likeness (QED) is 0.508. The fraction of sp³-hybridized carbons (Fsp3) is 0.167. The summed E-state index contributed by atoms with van der Waals surface area (Å²) in [5.41, 5.74) is 13.1. The molecule has 1 aliphatic rings. The monoisotopic (exact) mass is 398 g/mol. The molecule has 3 heterocycles. The van der Waals surface area contributed by atoms with Crippen LogP contribution < -0.4 is 5.73 Å². The SMILES string of the molecule is CN(C)C(=O)c1cc(-c2cnc3[nH]cc(C4OCc5ccccc54)c3c2)ccc1N. The lowest BCUT2D eigenvalue weighted by molar-refractivity contribution is 0.0828. The molecule has 1 atom stereocenters. The number of anilines is 1. The summed E-state index contributed by atoms with van der Waals surface area (Å²) in [5, 5.41) is 1.01. The Labute approximate surface area is 174 Å². The Bertz CT molecular complexity index is 1280. The molecule has 6 heteroatoms. The van der Waals surface area contributed by atoms with Crippen LogP contribution in [0.2, 0.25) is 0 Å². The highest BCUT2D eigenvalue weighted by atomic mass is 16.5. The average Bonchev–Trinajstić information content (AvgIpc) is 3.36. The Morgan fingerprint density at radius 2 is 1.97 bits per heavy atom. The average molecular weight is 398 g/mol. The number of H-pyrrole nitrogens is 1. The summed E-state index contributed by atoms with van der Waals surface area (Å²) in [7, 11) is 3.43. The van der Waals surface area contributed by atoms with Crippen molar-refractivity contribution >= 4 is 22.6 Å². The van der Waals surface area contributed by atoms with Crippen LogP contribution in [0, 0.1) is 0 Å². The smallest absolute Gasteiger partial charge is 0.255 e. The number of fused-ring (bicyclic) bond motifs is 2. The first-order valence-electron chi connectivity index (χ1n) is 9.81. The number of pyridine rings is 1. The van der Waals surface area contributed by atoms with E-state index in [1.807, 2.05) is 36.7 Å². The van der Waals surface area contributed by atoms with Gasteiger partial charge in [0.15, 0.2) is 0 Å². The van der Waals surface area contributed by atoms with E-state index in [0.29, 0.717) is 17.9 Å². The molecule has 1 unspecified atom stereocenters. The van der Waals surface area contributed by atoms with Crippen LogP contribution in [-0.2, 0) is 11.3 Å². The molecule has 2 aromatic carbocycles. The lowest BCUT2D eigenvalue weighted by Gasteiger charge is -2.14. The summed E-state index contributed by atoms with van der Waals surface area (Å²) >= 11 is 0. The topological polar surface area (TPSA) is 84.2 Å². The minimum absolute atomic E-state index is 0.121. The molecule has 0 fully saturated rings. The Kier molecular flexibility index (Phi) is 4.29. The maximum Gasteiger partial charge on any atom is 0.255 e. The zero-order valence-corrected chi connectivity index (χ0v) is 16.8. The predicted molar refractivity (Wildman–Crippen MR) is 117 cm³/mol. The van der Waals surface area contributed by atoms with Crippen molar-refractivity contribution in [2.45, 2.75) is 12.7 Å². The number of nitrogens with one attached hydrogen (secondary N) is 1. The highest BCUT2D eigenvalue weighted by molar-refractivity contribution is 6.00. The maximum absolute atomic E-state index is 12.5. The van der Waals surface area contributed by atoms with Crippen LogP contribution in [0.5, 0.6) is 0 Å². The van der Waals surface area contributed by atoms with Crippen molar-refractivity contribution in [1.29, 1.82) is 0 Å². The Balaban J connectivity index is 1.59. The summed E-state index contributed by atoms with van der Waals surface area (Å²) in [4.78, 5) is 21.9. The van der Waals surface area contributed by atoms with Gasteiger partial charge in [0.1, 0.15) is 11.8 Å². The van der Waals surface area contributed by atoms with Gasteiger partial charge in [-0.25, -0.2) is 4.98 Å². The molecular weight excluding hydrogens is 376 g/mol. The van der Waals surface area contributed by atoms with Crippen LogP contribution in [0.25, 0.3) is 22.2 Å². The molecule has 1 aliphatic heterocycles. The van der Waals surface area contributed by atoms with Crippen LogP contribution in [-0.4, -0.2) is 34.9 Å². The van der Waals surface area contributed by atoms with Gasteiger partial charge in [0, 0.05) is 48.7 Å². The number of carbonyl (C=O) groups excluding carboxylic acids is 1. The number of nitrogens with two attached hydrogens (primary N) is 1. The van der Waals surface area contributed by atoms with E-state index in [4.69, 9.17) is 10.5 Å². The predicted octanol–water partition coefficient (Wildman–Crippen LogP) is 4.13. The normalized spacial score (nSPS) is 15.3. The van der Waals surface area contributed by atoms with E-state index in [2.05, 4.69) is 28.2 Å². The van der Waals surface area contributed by atoms with Gasteiger partial charge in [0.25, 0.3) is 5.91 Å². The van der Waals surface area contributed by atoms with Gasteiger partial charge < -0.3 is 20.4 Å². The molecule has 0 saturated heterocycles. The van der Waals surface area contributed by atoms with Crippen molar-refractivity contribution < 1.29 is 9.53 Å². The van der Waals surface area contributed by atoms with Gasteiger partial charge in [-0.1, -0.05) is 30.3 Å². The molecule has 0 spiro atoms. The van der Waals surface area contributed by atoms with Gasteiger partial charge in [0.05, 0.1) is 12.2 Å². The summed E-state index contributed by atoms with van der Waals surface area (Å²) in [6, 6.07) is 15.9. The maximum atomic E-state index is 12.5. The number of rotatable bonds is 3. The zero-order valence-electron chi connectivity index (χ0n) is 16.8. The second kappa shape index (κ2) is 7.00. The number of hydrogen-bond acceptors (Lipinski definition) is 4. The summed E-state index contributed by atoms with van der Waals surface area (Å²) < 4.78 is 6.10. The van der Waals surface area contributed by atoms with Gasteiger partial charge in [-0.3, -0.25) is 4.79 Å². The lowest BCUT2D eigenvalue weighted by atomic mass is 9.97. The van der Waals surface area contributed by atoms with E-state index < -0.39 is 0 Å². The van der Waals surface area contributed by atoms with E-state index in [0.717, 1.165) is 27.7 Å². The van der Waals surface area contributed by atoms with Crippen LogP contribution in [0.4, 0.5) is 5.69 Å². The number of aromatic amines is 1. The van der Waals surface area contributed by atoms with Crippen LogP contribution >= 0.6 is 0 Å². The number of nitrogen functional groups attached to an aromatic ring is 1. The molecule has 0 aliphatic carbocycles. The number of ether oxygens (including phenoxy) is 1.